The van der Waals surface area contributed by atoms with Crippen molar-refractivity contribution >= 4 is 5.91 Å². The van der Waals surface area contributed by atoms with Crippen LogP contribution in [-0.4, -0.2) is 11.9 Å². The number of alkyl halides is 3. The summed E-state index contributed by atoms with van der Waals surface area (Å²) in [6, 6.07) is 4.62. The van der Waals surface area contributed by atoms with Crippen molar-refractivity contribution in [3.8, 4) is 0 Å². The molecule has 18 heavy (non-hydrogen) atoms. The van der Waals surface area contributed by atoms with E-state index in [2.05, 4.69) is 5.32 Å². The first-order valence-electron chi connectivity index (χ1n) is 5.95. The Hall–Kier alpha value is -1.52. The molecule has 1 aliphatic rings. The third-order valence-corrected chi connectivity index (χ3v) is 3.14. The Labute approximate surface area is 103 Å². The lowest BCUT2D eigenvalue weighted by atomic mass is 10.1. The van der Waals surface area contributed by atoms with E-state index in [9.17, 15) is 18.0 Å². The molecule has 2 rings (SSSR count). The number of carbonyl (C=O) groups is 1. The molecule has 0 spiro atoms. The van der Waals surface area contributed by atoms with Gasteiger partial charge in [0.2, 0.25) is 0 Å². The Morgan fingerprint density at radius 3 is 2.50 bits per heavy atom. The highest BCUT2D eigenvalue weighted by molar-refractivity contribution is 5.94. The SMILES string of the molecule is O=C(NC1CCCC1)c1cccc(C(F)(F)F)c1. The van der Waals surface area contributed by atoms with Crippen LogP contribution in [-0.2, 0) is 6.18 Å². The van der Waals surface area contributed by atoms with Gasteiger partial charge in [-0.2, -0.15) is 13.2 Å². The third kappa shape index (κ3) is 3.03. The standard InChI is InChI=1S/C13H14F3NO/c14-13(15,16)10-5-3-4-9(8-10)12(18)17-11-6-1-2-7-11/h3-5,8,11H,1-2,6-7H2,(H,17,18). The lowest BCUT2D eigenvalue weighted by molar-refractivity contribution is -0.137. The highest BCUT2D eigenvalue weighted by Crippen LogP contribution is 2.29. The summed E-state index contributed by atoms with van der Waals surface area (Å²) in [6.45, 7) is 0. The van der Waals surface area contributed by atoms with Crippen LogP contribution in [0.15, 0.2) is 24.3 Å². The summed E-state index contributed by atoms with van der Waals surface area (Å²) in [4.78, 5) is 11.8. The zero-order chi connectivity index (χ0) is 13.2. The second-order valence-corrected chi connectivity index (χ2v) is 4.53. The van der Waals surface area contributed by atoms with Crippen molar-refractivity contribution in [2.75, 3.05) is 0 Å². The molecule has 1 saturated carbocycles. The lowest BCUT2D eigenvalue weighted by Gasteiger charge is -2.13. The molecule has 0 bridgehead atoms. The van der Waals surface area contributed by atoms with Crippen LogP contribution in [0, 0.1) is 0 Å². The van der Waals surface area contributed by atoms with E-state index in [1.54, 1.807) is 0 Å². The number of nitrogens with one attached hydrogen (secondary N) is 1. The monoisotopic (exact) mass is 257 g/mol. The van der Waals surface area contributed by atoms with Crippen molar-refractivity contribution in [2.45, 2.75) is 37.9 Å². The van der Waals surface area contributed by atoms with Crippen molar-refractivity contribution in [2.24, 2.45) is 0 Å². The van der Waals surface area contributed by atoms with Crippen LogP contribution in [0.2, 0.25) is 0 Å². The van der Waals surface area contributed by atoms with Gasteiger partial charge in [0.25, 0.3) is 5.91 Å². The molecule has 0 atom stereocenters. The van der Waals surface area contributed by atoms with Gasteiger partial charge in [-0.3, -0.25) is 4.79 Å². The molecule has 1 aliphatic carbocycles. The fourth-order valence-electron chi connectivity index (χ4n) is 2.18. The molecule has 1 aromatic rings. The van der Waals surface area contributed by atoms with Gasteiger partial charge in [0.1, 0.15) is 0 Å². The van der Waals surface area contributed by atoms with E-state index in [0.717, 1.165) is 37.8 Å². The molecule has 1 amide bonds. The largest absolute Gasteiger partial charge is 0.416 e. The first-order valence-corrected chi connectivity index (χ1v) is 5.95. The van der Waals surface area contributed by atoms with Crippen LogP contribution in [0.1, 0.15) is 41.6 Å². The minimum absolute atomic E-state index is 0.0664. The summed E-state index contributed by atoms with van der Waals surface area (Å²) < 4.78 is 37.5. The predicted octanol–water partition coefficient (Wildman–Crippen LogP) is 3.38. The van der Waals surface area contributed by atoms with E-state index >= 15 is 0 Å². The van der Waals surface area contributed by atoms with E-state index < -0.39 is 17.6 Å². The number of amides is 1. The Morgan fingerprint density at radius 1 is 1.22 bits per heavy atom. The topological polar surface area (TPSA) is 29.1 Å². The molecule has 0 saturated heterocycles. The van der Waals surface area contributed by atoms with Gasteiger partial charge < -0.3 is 5.32 Å². The highest BCUT2D eigenvalue weighted by atomic mass is 19.4. The zero-order valence-corrected chi connectivity index (χ0v) is 9.76. The molecule has 2 nitrogen and oxygen atoms in total. The van der Waals surface area contributed by atoms with Gasteiger partial charge in [-0.25, -0.2) is 0 Å². The second kappa shape index (κ2) is 5.00. The smallest absolute Gasteiger partial charge is 0.349 e. The molecule has 0 aromatic heterocycles. The van der Waals surface area contributed by atoms with Gasteiger partial charge in [0, 0.05) is 11.6 Å². The van der Waals surface area contributed by atoms with Crippen LogP contribution in [0.4, 0.5) is 13.2 Å². The fraction of sp³-hybridized carbons (Fsp3) is 0.462. The van der Waals surface area contributed by atoms with Crippen LogP contribution in [0.3, 0.4) is 0 Å². The predicted molar refractivity (Wildman–Crippen MR) is 61.2 cm³/mol. The molecular weight excluding hydrogens is 243 g/mol. The third-order valence-electron chi connectivity index (χ3n) is 3.14. The first-order chi connectivity index (χ1) is 8.47. The quantitative estimate of drug-likeness (QED) is 0.864. The second-order valence-electron chi connectivity index (χ2n) is 4.53. The van der Waals surface area contributed by atoms with Gasteiger partial charge in [0.15, 0.2) is 0 Å². The maximum absolute atomic E-state index is 12.5. The van der Waals surface area contributed by atoms with Crippen molar-refractivity contribution in [3.05, 3.63) is 35.4 Å². The van der Waals surface area contributed by atoms with E-state index in [-0.39, 0.29) is 11.6 Å². The number of carbonyl (C=O) groups excluding carboxylic acids is 1. The molecule has 0 radical (unpaired) electrons. The van der Waals surface area contributed by atoms with Crippen molar-refractivity contribution < 1.29 is 18.0 Å². The van der Waals surface area contributed by atoms with Gasteiger partial charge >= 0.3 is 6.18 Å². The van der Waals surface area contributed by atoms with Crippen molar-refractivity contribution in [1.29, 1.82) is 0 Å². The van der Waals surface area contributed by atoms with Crippen molar-refractivity contribution in [1.82, 2.24) is 5.32 Å². The molecule has 0 heterocycles. The summed E-state index contributed by atoms with van der Waals surface area (Å²) in [6.07, 6.45) is -0.472. The van der Waals surface area contributed by atoms with Gasteiger partial charge in [-0.05, 0) is 31.0 Å². The van der Waals surface area contributed by atoms with Crippen molar-refractivity contribution in [3.63, 3.8) is 0 Å². The summed E-state index contributed by atoms with van der Waals surface area (Å²) in [5.41, 5.74) is -0.724. The normalized spacial score (nSPS) is 16.8. The maximum atomic E-state index is 12.5. The summed E-state index contributed by atoms with van der Waals surface area (Å²) in [7, 11) is 0. The van der Waals surface area contributed by atoms with Gasteiger partial charge in [-0.1, -0.05) is 18.9 Å². The fourth-order valence-corrected chi connectivity index (χ4v) is 2.18. The van der Waals surface area contributed by atoms with Crippen LogP contribution in [0.5, 0.6) is 0 Å². The molecule has 0 unspecified atom stereocenters. The van der Waals surface area contributed by atoms with E-state index in [0.29, 0.717) is 0 Å². The summed E-state index contributed by atoms with van der Waals surface area (Å²) in [5, 5.41) is 2.77. The molecule has 1 N–H and O–H groups in total. The Morgan fingerprint density at radius 2 is 1.89 bits per heavy atom. The average molecular weight is 257 g/mol. The number of benzene rings is 1. The summed E-state index contributed by atoms with van der Waals surface area (Å²) >= 11 is 0. The number of hydrogen-bond acceptors (Lipinski definition) is 1. The minimum Gasteiger partial charge on any atom is -0.349 e. The maximum Gasteiger partial charge on any atom is 0.416 e. The van der Waals surface area contributed by atoms with Gasteiger partial charge in [0.05, 0.1) is 5.56 Å². The minimum atomic E-state index is -4.41. The Kier molecular flexibility index (Phi) is 3.59. The molecular formula is C13H14F3NO. The summed E-state index contributed by atoms with van der Waals surface area (Å²) in [5.74, 6) is -0.423. The van der Waals surface area contributed by atoms with Crippen LogP contribution >= 0.6 is 0 Å². The first kappa shape index (κ1) is 12.9. The molecule has 5 heteroatoms. The molecule has 0 aliphatic heterocycles. The zero-order valence-electron chi connectivity index (χ0n) is 9.76. The van der Waals surface area contributed by atoms with Gasteiger partial charge in [-0.15, -0.1) is 0 Å². The number of rotatable bonds is 2. The number of hydrogen-bond donors (Lipinski definition) is 1. The molecule has 1 aromatic carbocycles. The van der Waals surface area contributed by atoms with E-state index in [1.807, 2.05) is 0 Å². The van der Waals surface area contributed by atoms with E-state index in [4.69, 9.17) is 0 Å². The molecule has 98 valence electrons. The highest BCUT2D eigenvalue weighted by Gasteiger charge is 2.31. The van der Waals surface area contributed by atoms with Crippen LogP contribution < -0.4 is 5.32 Å². The number of halogens is 3. The van der Waals surface area contributed by atoms with E-state index in [1.165, 1.54) is 12.1 Å². The molecule has 1 fully saturated rings. The van der Waals surface area contributed by atoms with Crippen LogP contribution in [0.25, 0.3) is 0 Å². The Balaban J connectivity index is 2.10. The average Bonchev–Trinajstić information content (AvgIpc) is 2.81. The lowest BCUT2D eigenvalue weighted by Crippen LogP contribution is -2.32. The Bertz CT molecular complexity index is 436.